The van der Waals surface area contributed by atoms with Crippen LogP contribution in [0, 0.1) is 0 Å². The molecule has 3 aromatic heterocycles. The van der Waals surface area contributed by atoms with Crippen molar-refractivity contribution in [2.75, 3.05) is 39.3 Å². The zero-order valence-corrected chi connectivity index (χ0v) is 31.9. The van der Waals surface area contributed by atoms with Crippen LogP contribution >= 0.6 is 74.4 Å². The molecule has 0 amide bonds. The van der Waals surface area contributed by atoms with Gasteiger partial charge in [-0.15, -0.1) is 74.4 Å². The molecular weight excluding hydrogens is 743 g/mol. The van der Waals surface area contributed by atoms with Crippen LogP contribution in [-0.2, 0) is 19.6 Å². The third-order valence-corrected chi connectivity index (χ3v) is 7.98. The highest BCUT2D eigenvalue weighted by atomic mass is 35.5. The van der Waals surface area contributed by atoms with E-state index in [1.54, 1.807) is 0 Å². The van der Waals surface area contributed by atoms with Gasteiger partial charge in [0.2, 0.25) is 0 Å². The Balaban J connectivity index is 0.00000384. The van der Waals surface area contributed by atoms with Gasteiger partial charge in [0.15, 0.2) is 0 Å². The van der Waals surface area contributed by atoms with E-state index in [4.69, 9.17) is 0 Å². The molecule has 6 aromatic rings. The van der Waals surface area contributed by atoms with E-state index >= 15 is 0 Å². The van der Waals surface area contributed by atoms with Gasteiger partial charge in [0, 0.05) is 93.7 Å². The molecule has 0 aliphatic carbocycles. The fourth-order valence-electron chi connectivity index (χ4n) is 5.64. The summed E-state index contributed by atoms with van der Waals surface area (Å²) < 4.78 is 0. The van der Waals surface area contributed by atoms with Gasteiger partial charge in [0.05, 0.1) is 16.6 Å². The standard InChI is InChI=1S/C36H39N7.6ClH/c1-4-10-34-31(7-1)28(13-16-40-34)25-37-19-22-43(23-20-38-26-29-14-17-41-35-11-5-2-8-32(29)35)24-21-39-27-30-15-18-42-36-12-6-3-9-33(30)36;;;;;;/h1-18,37-39H,19-27H2;6*1H. The molecule has 0 unspecified atom stereocenters. The number of hydrogen-bond donors (Lipinski definition) is 3. The van der Waals surface area contributed by atoms with E-state index in [-0.39, 0.29) is 74.4 Å². The molecule has 266 valence electrons. The molecule has 3 N–H and O–H groups in total. The summed E-state index contributed by atoms with van der Waals surface area (Å²) in [5.74, 6) is 0. The van der Waals surface area contributed by atoms with Crippen molar-refractivity contribution in [2.45, 2.75) is 19.6 Å². The molecule has 0 saturated carbocycles. The molecular formula is C36H45Cl6N7. The highest BCUT2D eigenvalue weighted by molar-refractivity contribution is 5.86. The van der Waals surface area contributed by atoms with Gasteiger partial charge in [-0.25, -0.2) is 0 Å². The zero-order valence-electron chi connectivity index (χ0n) is 27.0. The minimum atomic E-state index is 0. The summed E-state index contributed by atoms with van der Waals surface area (Å²) >= 11 is 0. The Morgan fingerprint density at radius 3 is 0.980 bits per heavy atom. The third-order valence-electron chi connectivity index (χ3n) is 7.98. The molecule has 0 spiro atoms. The molecule has 0 fully saturated rings. The van der Waals surface area contributed by atoms with Crippen molar-refractivity contribution in [1.82, 2.24) is 35.8 Å². The Hall–Kier alpha value is -2.53. The molecule has 0 saturated heterocycles. The van der Waals surface area contributed by atoms with Crippen molar-refractivity contribution in [1.29, 1.82) is 0 Å². The number of hydrogen-bond acceptors (Lipinski definition) is 7. The molecule has 13 heteroatoms. The minimum absolute atomic E-state index is 0. The Kier molecular flexibility index (Phi) is 23.3. The summed E-state index contributed by atoms with van der Waals surface area (Å²) in [6.07, 6.45) is 5.71. The lowest BCUT2D eigenvalue weighted by Crippen LogP contribution is -2.40. The maximum atomic E-state index is 4.50. The molecule has 7 nitrogen and oxygen atoms in total. The van der Waals surface area contributed by atoms with Crippen LogP contribution in [0.1, 0.15) is 16.7 Å². The number of benzene rings is 3. The molecule has 0 aliphatic rings. The maximum absolute atomic E-state index is 4.50. The molecule has 0 bridgehead atoms. The van der Waals surface area contributed by atoms with Crippen LogP contribution in [0.25, 0.3) is 32.7 Å². The van der Waals surface area contributed by atoms with E-state index in [1.165, 1.54) is 32.8 Å². The van der Waals surface area contributed by atoms with Gasteiger partial charge in [0.25, 0.3) is 0 Å². The Morgan fingerprint density at radius 2 is 0.673 bits per heavy atom. The first-order valence-electron chi connectivity index (χ1n) is 15.2. The number of fused-ring (bicyclic) bond motifs is 3. The minimum Gasteiger partial charge on any atom is -0.311 e. The second-order valence-electron chi connectivity index (χ2n) is 10.8. The molecule has 0 radical (unpaired) electrons. The SMILES string of the molecule is Cl.Cl.Cl.Cl.Cl.Cl.c1ccc2c(CNCCN(CCNCc3ccnc4ccccc34)CCNCc3ccnc4ccccc34)ccnc2c1. The van der Waals surface area contributed by atoms with Crippen LogP contribution in [-0.4, -0.2) is 59.1 Å². The predicted molar refractivity (Wildman–Crippen MR) is 220 cm³/mol. The van der Waals surface area contributed by atoms with Crippen molar-refractivity contribution in [3.63, 3.8) is 0 Å². The van der Waals surface area contributed by atoms with E-state index in [1.807, 2.05) is 36.8 Å². The lowest BCUT2D eigenvalue weighted by molar-refractivity contribution is 0.271. The predicted octanol–water partition coefficient (Wildman–Crippen LogP) is 7.83. The van der Waals surface area contributed by atoms with E-state index in [0.29, 0.717) is 0 Å². The highest BCUT2D eigenvalue weighted by Gasteiger charge is 2.08. The molecule has 0 atom stereocenters. The van der Waals surface area contributed by atoms with E-state index in [0.717, 1.165) is 75.5 Å². The van der Waals surface area contributed by atoms with Crippen LogP contribution in [0.2, 0.25) is 0 Å². The number of rotatable bonds is 15. The second-order valence-corrected chi connectivity index (χ2v) is 10.8. The summed E-state index contributed by atoms with van der Waals surface area (Å²) in [4.78, 5) is 16.0. The van der Waals surface area contributed by atoms with Gasteiger partial charge >= 0.3 is 0 Å². The quantitative estimate of drug-likeness (QED) is 0.0917. The van der Waals surface area contributed by atoms with Gasteiger partial charge in [0.1, 0.15) is 0 Å². The third kappa shape index (κ3) is 12.9. The first-order valence-corrected chi connectivity index (χ1v) is 15.2. The Labute approximate surface area is 326 Å². The summed E-state index contributed by atoms with van der Waals surface area (Å²) in [6.45, 7) is 8.17. The molecule has 6 rings (SSSR count). The van der Waals surface area contributed by atoms with Crippen molar-refractivity contribution >= 4 is 107 Å². The second kappa shape index (κ2) is 24.6. The Morgan fingerprint density at radius 1 is 0.388 bits per heavy atom. The Bertz CT molecular complexity index is 1570. The molecule has 0 aliphatic heterocycles. The monoisotopic (exact) mass is 785 g/mol. The van der Waals surface area contributed by atoms with Gasteiger partial charge in [-0.1, -0.05) is 54.6 Å². The van der Waals surface area contributed by atoms with Crippen LogP contribution in [0.4, 0.5) is 0 Å². The van der Waals surface area contributed by atoms with Gasteiger partial charge < -0.3 is 16.0 Å². The maximum Gasteiger partial charge on any atom is 0.0705 e. The summed E-state index contributed by atoms with van der Waals surface area (Å²) in [5, 5.41) is 14.7. The van der Waals surface area contributed by atoms with Crippen LogP contribution < -0.4 is 16.0 Å². The fraction of sp³-hybridized carbons (Fsp3) is 0.250. The van der Waals surface area contributed by atoms with Crippen molar-refractivity contribution < 1.29 is 0 Å². The van der Waals surface area contributed by atoms with Crippen LogP contribution in [0.3, 0.4) is 0 Å². The van der Waals surface area contributed by atoms with Gasteiger partial charge in [-0.05, 0) is 53.1 Å². The molecule has 3 aromatic carbocycles. The smallest absolute Gasteiger partial charge is 0.0705 e. The zero-order chi connectivity index (χ0) is 29.1. The van der Waals surface area contributed by atoms with Crippen molar-refractivity contribution in [3.05, 3.63) is 126 Å². The van der Waals surface area contributed by atoms with E-state index in [9.17, 15) is 0 Å². The average Bonchev–Trinajstić information content (AvgIpc) is 3.06. The first kappa shape index (κ1) is 46.5. The number of nitrogens with one attached hydrogen (secondary N) is 3. The lowest BCUT2D eigenvalue weighted by Gasteiger charge is -2.23. The van der Waals surface area contributed by atoms with E-state index < -0.39 is 0 Å². The normalized spacial score (nSPS) is 10.2. The number of nitrogens with zero attached hydrogens (tertiary/aromatic N) is 4. The summed E-state index contributed by atoms with van der Waals surface area (Å²) in [6, 6.07) is 31.4. The van der Waals surface area contributed by atoms with E-state index in [2.05, 4.69) is 109 Å². The highest BCUT2D eigenvalue weighted by Crippen LogP contribution is 2.17. The largest absolute Gasteiger partial charge is 0.311 e. The number of para-hydroxylation sites is 3. The van der Waals surface area contributed by atoms with Gasteiger partial charge in [-0.3, -0.25) is 19.9 Å². The van der Waals surface area contributed by atoms with Crippen LogP contribution in [0.5, 0.6) is 0 Å². The topological polar surface area (TPSA) is 78.0 Å². The number of aromatic nitrogens is 3. The number of halogens is 6. The molecule has 3 heterocycles. The summed E-state index contributed by atoms with van der Waals surface area (Å²) in [7, 11) is 0. The van der Waals surface area contributed by atoms with Crippen molar-refractivity contribution in [3.8, 4) is 0 Å². The summed E-state index contributed by atoms with van der Waals surface area (Å²) in [5.41, 5.74) is 7.00. The van der Waals surface area contributed by atoms with Crippen molar-refractivity contribution in [2.24, 2.45) is 0 Å². The molecule has 49 heavy (non-hydrogen) atoms. The lowest BCUT2D eigenvalue weighted by atomic mass is 10.1. The number of pyridine rings is 3. The first-order chi connectivity index (χ1) is 21.3. The fourth-order valence-corrected chi connectivity index (χ4v) is 5.64. The van der Waals surface area contributed by atoms with Gasteiger partial charge in [-0.2, -0.15) is 0 Å². The van der Waals surface area contributed by atoms with Crippen LogP contribution in [0.15, 0.2) is 110 Å². The average molecular weight is 789 g/mol.